The average molecular weight is 735 g/mol. The molecule has 0 aliphatic rings. The Labute approximate surface area is 297 Å². The van der Waals surface area contributed by atoms with Crippen LogP contribution in [0.25, 0.3) is 6.08 Å². The number of ether oxygens (including phenoxy) is 1. The lowest BCUT2D eigenvalue weighted by Gasteiger charge is -2.18. The highest BCUT2D eigenvalue weighted by Gasteiger charge is 2.23. The number of benzene rings is 5. The summed E-state index contributed by atoms with van der Waals surface area (Å²) in [7, 11) is 0. The topological polar surface area (TPSA) is 114 Å². The molecule has 1 atom stereocenters. The van der Waals surface area contributed by atoms with Gasteiger partial charge in [-0.15, -0.1) is 11.8 Å². The molecule has 0 aliphatic carbocycles. The summed E-state index contributed by atoms with van der Waals surface area (Å²) in [4.78, 5) is 53.1. The van der Waals surface area contributed by atoms with Crippen molar-refractivity contribution in [2.75, 3.05) is 17.2 Å². The van der Waals surface area contributed by atoms with Crippen LogP contribution >= 0.6 is 27.7 Å². The summed E-state index contributed by atoms with van der Waals surface area (Å²) in [6.07, 6.45) is 1.61. The molecule has 1 unspecified atom stereocenters. The second-order valence-electron chi connectivity index (χ2n) is 10.6. The lowest BCUT2D eigenvalue weighted by Crippen LogP contribution is -2.30. The number of esters is 1. The molecule has 5 aromatic rings. The molecular weight excluding hydrogens is 702 g/mol. The molecule has 5 rings (SSSR count). The van der Waals surface area contributed by atoms with Gasteiger partial charge in [-0.25, -0.2) is 4.79 Å². The molecule has 0 radical (unpaired) electrons. The van der Waals surface area contributed by atoms with Crippen molar-refractivity contribution >= 4 is 68.8 Å². The highest BCUT2D eigenvalue weighted by molar-refractivity contribution is 9.10. The standard InChI is InChI=1S/C39H32BrN3O5S/c1-2-48-39(47)29-19-21-31(22-20-29)41-38(46)35(27-12-5-3-6-13-27)49-33-18-10-17-32(25-33)42-37(45)34(24-26-11-9-16-30(40)23-26)43-36(44)28-14-7-4-8-15-28/h3-25,35H,2H2,1H3,(H,41,46)(H,42,45)(H,43,44)/b34-24+. The highest BCUT2D eigenvalue weighted by Crippen LogP contribution is 2.37. The first-order valence-corrected chi connectivity index (χ1v) is 17.0. The van der Waals surface area contributed by atoms with E-state index in [0.717, 1.165) is 14.9 Å². The molecular formula is C39H32BrN3O5S. The van der Waals surface area contributed by atoms with Crippen molar-refractivity contribution in [1.82, 2.24) is 5.32 Å². The monoisotopic (exact) mass is 733 g/mol. The number of carbonyl (C=O) groups is 4. The summed E-state index contributed by atoms with van der Waals surface area (Å²) in [6, 6.07) is 39.0. The molecule has 0 saturated carbocycles. The number of thioether (sulfide) groups is 1. The summed E-state index contributed by atoms with van der Waals surface area (Å²) in [5, 5.41) is 7.95. The summed E-state index contributed by atoms with van der Waals surface area (Å²) < 4.78 is 5.87. The molecule has 5 aromatic carbocycles. The first-order chi connectivity index (χ1) is 23.8. The molecule has 0 fully saturated rings. The summed E-state index contributed by atoms with van der Waals surface area (Å²) in [5.74, 6) is -1.64. The van der Waals surface area contributed by atoms with E-state index in [1.807, 2.05) is 66.7 Å². The molecule has 49 heavy (non-hydrogen) atoms. The molecule has 8 nitrogen and oxygen atoms in total. The lowest BCUT2D eigenvalue weighted by atomic mass is 10.1. The van der Waals surface area contributed by atoms with Gasteiger partial charge in [0.2, 0.25) is 5.91 Å². The van der Waals surface area contributed by atoms with Crippen LogP contribution in [0.3, 0.4) is 0 Å². The Balaban J connectivity index is 1.35. The van der Waals surface area contributed by atoms with Gasteiger partial charge in [0.05, 0.1) is 12.2 Å². The zero-order valence-electron chi connectivity index (χ0n) is 26.4. The zero-order chi connectivity index (χ0) is 34.6. The van der Waals surface area contributed by atoms with E-state index >= 15 is 0 Å². The maximum Gasteiger partial charge on any atom is 0.338 e. The summed E-state index contributed by atoms with van der Waals surface area (Å²) >= 11 is 4.77. The summed E-state index contributed by atoms with van der Waals surface area (Å²) in [5.41, 5.74) is 3.36. The van der Waals surface area contributed by atoms with Gasteiger partial charge in [0.15, 0.2) is 0 Å². The number of nitrogens with one attached hydrogen (secondary N) is 3. The van der Waals surface area contributed by atoms with E-state index < -0.39 is 23.0 Å². The van der Waals surface area contributed by atoms with Crippen molar-refractivity contribution in [3.63, 3.8) is 0 Å². The van der Waals surface area contributed by atoms with Gasteiger partial charge >= 0.3 is 5.97 Å². The molecule has 3 amide bonds. The predicted molar refractivity (Wildman–Crippen MR) is 197 cm³/mol. The first-order valence-electron chi connectivity index (χ1n) is 15.3. The number of rotatable bonds is 12. The van der Waals surface area contributed by atoms with Crippen molar-refractivity contribution in [1.29, 1.82) is 0 Å². The molecule has 3 N–H and O–H groups in total. The molecule has 0 saturated heterocycles. The molecule has 0 heterocycles. The van der Waals surface area contributed by atoms with Crippen LogP contribution in [0, 0.1) is 0 Å². The van der Waals surface area contributed by atoms with Gasteiger partial charge in [-0.05, 0) is 90.9 Å². The van der Waals surface area contributed by atoms with Crippen molar-refractivity contribution < 1.29 is 23.9 Å². The van der Waals surface area contributed by atoms with Gasteiger partial charge in [0.1, 0.15) is 10.9 Å². The fourth-order valence-corrected chi connectivity index (χ4v) is 6.20. The second kappa shape index (κ2) is 17.1. The minimum absolute atomic E-state index is 0.0560. The highest BCUT2D eigenvalue weighted by atomic mass is 79.9. The smallest absolute Gasteiger partial charge is 0.338 e. The van der Waals surface area contributed by atoms with Gasteiger partial charge in [0, 0.05) is 26.3 Å². The van der Waals surface area contributed by atoms with Crippen molar-refractivity contribution in [2.24, 2.45) is 0 Å². The van der Waals surface area contributed by atoms with Crippen LogP contribution in [0.15, 0.2) is 149 Å². The SMILES string of the molecule is CCOC(=O)c1ccc(NC(=O)C(Sc2cccc(NC(=O)/C(=C\c3cccc(Br)c3)NC(=O)c3ccccc3)c2)c2ccccc2)cc1. The number of anilines is 2. The van der Waals surface area contributed by atoms with Crippen LogP contribution in [0.4, 0.5) is 11.4 Å². The number of carbonyl (C=O) groups excluding carboxylic acids is 4. The lowest BCUT2D eigenvalue weighted by molar-refractivity contribution is -0.116. The van der Waals surface area contributed by atoms with E-state index in [-0.39, 0.29) is 18.2 Å². The minimum Gasteiger partial charge on any atom is -0.462 e. The van der Waals surface area contributed by atoms with Crippen LogP contribution in [-0.4, -0.2) is 30.3 Å². The normalized spacial score (nSPS) is 11.6. The van der Waals surface area contributed by atoms with Crippen LogP contribution < -0.4 is 16.0 Å². The second-order valence-corrected chi connectivity index (χ2v) is 12.7. The van der Waals surface area contributed by atoms with Gasteiger partial charge in [0.25, 0.3) is 11.8 Å². The van der Waals surface area contributed by atoms with E-state index in [4.69, 9.17) is 4.74 Å². The number of hydrogen-bond donors (Lipinski definition) is 3. The maximum atomic E-state index is 13.7. The fourth-order valence-electron chi connectivity index (χ4n) is 4.70. The minimum atomic E-state index is -0.644. The Bertz CT molecular complexity index is 1970. The third kappa shape index (κ3) is 10.0. The molecule has 0 aliphatic heterocycles. The zero-order valence-corrected chi connectivity index (χ0v) is 28.8. The number of hydrogen-bond acceptors (Lipinski definition) is 6. The Morgan fingerprint density at radius 1 is 0.735 bits per heavy atom. The Kier molecular flexibility index (Phi) is 12.2. The van der Waals surface area contributed by atoms with Gasteiger partial charge in [-0.3, -0.25) is 14.4 Å². The molecule has 0 aromatic heterocycles. The Morgan fingerprint density at radius 3 is 2.12 bits per heavy atom. The molecule has 0 bridgehead atoms. The fraction of sp³-hybridized carbons (Fsp3) is 0.0769. The summed E-state index contributed by atoms with van der Waals surface area (Å²) in [6.45, 7) is 2.01. The van der Waals surface area contributed by atoms with Gasteiger partial charge in [-0.2, -0.15) is 0 Å². The molecule has 246 valence electrons. The van der Waals surface area contributed by atoms with Crippen LogP contribution in [0.2, 0.25) is 0 Å². The Morgan fingerprint density at radius 2 is 1.43 bits per heavy atom. The van der Waals surface area contributed by atoms with Crippen molar-refractivity contribution in [3.8, 4) is 0 Å². The van der Waals surface area contributed by atoms with E-state index in [2.05, 4.69) is 31.9 Å². The predicted octanol–water partition coefficient (Wildman–Crippen LogP) is 8.51. The van der Waals surface area contributed by atoms with E-state index in [1.165, 1.54) is 11.8 Å². The Hall–Kier alpha value is -5.45. The molecule has 0 spiro atoms. The average Bonchev–Trinajstić information content (AvgIpc) is 3.11. The van der Waals surface area contributed by atoms with Gasteiger partial charge < -0.3 is 20.7 Å². The van der Waals surface area contributed by atoms with Gasteiger partial charge in [-0.1, -0.05) is 82.7 Å². The third-order valence-corrected chi connectivity index (χ3v) is 8.78. The quantitative estimate of drug-likeness (QED) is 0.0673. The van der Waals surface area contributed by atoms with E-state index in [1.54, 1.807) is 79.7 Å². The van der Waals surface area contributed by atoms with Crippen LogP contribution in [0.1, 0.15) is 44.0 Å². The van der Waals surface area contributed by atoms with E-state index in [9.17, 15) is 19.2 Å². The van der Waals surface area contributed by atoms with Crippen LogP contribution in [0.5, 0.6) is 0 Å². The first kappa shape index (κ1) is 34.9. The third-order valence-electron chi connectivity index (χ3n) is 7.04. The maximum absolute atomic E-state index is 13.7. The van der Waals surface area contributed by atoms with Crippen LogP contribution in [-0.2, 0) is 14.3 Å². The largest absolute Gasteiger partial charge is 0.462 e. The number of halogens is 1. The molecule has 10 heteroatoms. The van der Waals surface area contributed by atoms with Crippen molar-refractivity contribution in [3.05, 3.63) is 166 Å². The van der Waals surface area contributed by atoms with Crippen molar-refractivity contribution in [2.45, 2.75) is 17.1 Å². The van der Waals surface area contributed by atoms with E-state index in [0.29, 0.717) is 28.1 Å². The number of amides is 3.